The average Bonchev–Trinajstić information content (AvgIpc) is 2.57. The highest BCUT2D eigenvalue weighted by atomic mass is 79.9. The SMILES string of the molecule is COC(CN(CC(OC)OC)NC(=O)c1ccc(Br)cc1)OC. The number of ether oxygens (including phenoxy) is 4. The second-order valence-corrected chi connectivity index (χ2v) is 5.57. The summed E-state index contributed by atoms with van der Waals surface area (Å²) in [6.07, 6.45) is -0.982. The number of hydrogen-bond acceptors (Lipinski definition) is 6. The molecule has 0 aliphatic heterocycles. The lowest BCUT2D eigenvalue weighted by Crippen LogP contribution is -2.50. The van der Waals surface area contributed by atoms with Crippen LogP contribution in [-0.4, -0.2) is 65.0 Å². The Kier molecular flexibility index (Phi) is 9.30. The van der Waals surface area contributed by atoms with Crippen LogP contribution in [0.1, 0.15) is 10.4 Å². The molecule has 0 unspecified atom stereocenters. The summed E-state index contributed by atoms with van der Waals surface area (Å²) in [7, 11) is 6.14. The molecular formula is C15H23BrN2O5. The molecular weight excluding hydrogens is 368 g/mol. The normalized spacial score (nSPS) is 11.5. The Morgan fingerprint density at radius 3 is 1.83 bits per heavy atom. The predicted octanol–water partition coefficient (Wildman–Crippen LogP) is 1.63. The van der Waals surface area contributed by atoms with Crippen molar-refractivity contribution in [1.82, 2.24) is 10.4 Å². The Hall–Kier alpha value is -1.03. The Labute approximate surface area is 144 Å². The first-order valence-corrected chi connectivity index (χ1v) is 7.76. The summed E-state index contributed by atoms with van der Waals surface area (Å²) in [5.41, 5.74) is 3.35. The van der Waals surface area contributed by atoms with Crippen LogP contribution < -0.4 is 5.43 Å². The van der Waals surface area contributed by atoms with Gasteiger partial charge < -0.3 is 18.9 Å². The molecule has 1 N–H and O–H groups in total. The van der Waals surface area contributed by atoms with Gasteiger partial charge in [0.05, 0.1) is 13.1 Å². The van der Waals surface area contributed by atoms with Crippen LogP contribution in [0, 0.1) is 0 Å². The molecule has 0 fully saturated rings. The quantitative estimate of drug-likeness (QED) is 0.483. The molecule has 1 amide bonds. The molecule has 0 spiro atoms. The van der Waals surface area contributed by atoms with Crippen molar-refractivity contribution in [2.75, 3.05) is 41.5 Å². The number of carbonyl (C=O) groups excluding carboxylic acids is 1. The first-order chi connectivity index (χ1) is 11.0. The lowest BCUT2D eigenvalue weighted by atomic mass is 10.2. The molecule has 0 aromatic heterocycles. The van der Waals surface area contributed by atoms with Gasteiger partial charge in [-0.15, -0.1) is 0 Å². The Balaban J connectivity index is 2.77. The van der Waals surface area contributed by atoms with E-state index in [1.165, 1.54) is 28.4 Å². The third-order valence-corrected chi connectivity index (χ3v) is 3.69. The smallest absolute Gasteiger partial charge is 0.265 e. The fourth-order valence-corrected chi connectivity index (χ4v) is 2.09. The molecule has 0 aliphatic carbocycles. The lowest BCUT2D eigenvalue weighted by molar-refractivity contribution is -0.149. The van der Waals surface area contributed by atoms with Crippen LogP contribution in [0.5, 0.6) is 0 Å². The molecule has 0 heterocycles. The van der Waals surface area contributed by atoms with Crippen molar-refractivity contribution in [1.29, 1.82) is 0 Å². The van der Waals surface area contributed by atoms with E-state index in [9.17, 15) is 4.79 Å². The molecule has 0 saturated heterocycles. The molecule has 1 rings (SSSR count). The van der Waals surface area contributed by atoms with Crippen LogP contribution >= 0.6 is 15.9 Å². The van der Waals surface area contributed by atoms with Gasteiger partial charge in [-0.05, 0) is 24.3 Å². The van der Waals surface area contributed by atoms with Gasteiger partial charge in [-0.3, -0.25) is 10.2 Å². The zero-order valence-corrected chi connectivity index (χ0v) is 15.3. The van der Waals surface area contributed by atoms with Crippen molar-refractivity contribution < 1.29 is 23.7 Å². The zero-order chi connectivity index (χ0) is 17.2. The van der Waals surface area contributed by atoms with E-state index in [-0.39, 0.29) is 5.91 Å². The topological polar surface area (TPSA) is 69.3 Å². The summed E-state index contributed by atoms with van der Waals surface area (Å²) < 4.78 is 21.6. The van der Waals surface area contributed by atoms with Crippen LogP contribution in [0.3, 0.4) is 0 Å². The second kappa shape index (κ2) is 10.7. The first kappa shape index (κ1) is 20.0. The number of hydrogen-bond donors (Lipinski definition) is 1. The summed E-state index contributed by atoms with van der Waals surface area (Å²) in [5.74, 6) is -0.241. The number of nitrogens with one attached hydrogen (secondary N) is 1. The van der Waals surface area contributed by atoms with E-state index in [2.05, 4.69) is 21.4 Å². The molecule has 0 atom stereocenters. The number of benzene rings is 1. The minimum Gasteiger partial charge on any atom is -0.354 e. The molecule has 130 valence electrons. The molecule has 0 radical (unpaired) electrons. The highest BCUT2D eigenvalue weighted by Gasteiger charge is 2.20. The Morgan fingerprint density at radius 1 is 1.00 bits per heavy atom. The van der Waals surface area contributed by atoms with Gasteiger partial charge in [0.25, 0.3) is 5.91 Å². The van der Waals surface area contributed by atoms with Crippen molar-refractivity contribution >= 4 is 21.8 Å². The highest BCUT2D eigenvalue weighted by molar-refractivity contribution is 9.10. The summed E-state index contributed by atoms with van der Waals surface area (Å²) >= 11 is 3.34. The van der Waals surface area contributed by atoms with Crippen LogP contribution in [-0.2, 0) is 18.9 Å². The van der Waals surface area contributed by atoms with E-state index in [0.29, 0.717) is 18.7 Å². The molecule has 0 bridgehead atoms. The average molecular weight is 391 g/mol. The fraction of sp³-hybridized carbons (Fsp3) is 0.533. The van der Waals surface area contributed by atoms with Gasteiger partial charge in [-0.1, -0.05) is 15.9 Å². The number of halogens is 1. The van der Waals surface area contributed by atoms with Gasteiger partial charge in [0.2, 0.25) is 0 Å². The van der Waals surface area contributed by atoms with Gasteiger partial charge in [0.1, 0.15) is 0 Å². The fourth-order valence-electron chi connectivity index (χ4n) is 1.83. The molecule has 0 saturated carbocycles. The number of rotatable bonds is 10. The lowest BCUT2D eigenvalue weighted by Gasteiger charge is -2.29. The van der Waals surface area contributed by atoms with E-state index in [1.54, 1.807) is 29.3 Å². The van der Waals surface area contributed by atoms with E-state index in [1.807, 2.05) is 0 Å². The number of methoxy groups -OCH3 is 4. The van der Waals surface area contributed by atoms with Gasteiger partial charge in [-0.25, -0.2) is 5.01 Å². The Bertz CT molecular complexity index is 449. The standard InChI is InChI=1S/C15H23BrN2O5/c1-20-13(21-2)9-18(10-14(22-3)23-4)17-15(19)11-5-7-12(16)8-6-11/h5-8,13-14H,9-10H2,1-4H3,(H,17,19). The predicted molar refractivity (Wildman–Crippen MR) is 88.8 cm³/mol. The van der Waals surface area contributed by atoms with Crippen LogP contribution in [0.15, 0.2) is 28.7 Å². The molecule has 1 aromatic rings. The van der Waals surface area contributed by atoms with Crippen molar-refractivity contribution in [3.63, 3.8) is 0 Å². The Morgan fingerprint density at radius 2 is 1.43 bits per heavy atom. The van der Waals surface area contributed by atoms with Gasteiger partial charge in [0, 0.05) is 38.5 Å². The maximum absolute atomic E-state index is 12.4. The molecule has 23 heavy (non-hydrogen) atoms. The van der Waals surface area contributed by atoms with Gasteiger partial charge >= 0.3 is 0 Å². The van der Waals surface area contributed by atoms with Crippen LogP contribution in [0.25, 0.3) is 0 Å². The number of carbonyl (C=O) groups is 1. The van der Waals surface area contributed by atoms with Crippen molar-refractivity contribution in [3.05, 3.63) is 34.3 Å². The van der Waals surface area contributed by atoms with Crippen molar-refractivity contribution in [3.8, 4) is 0 Å². The minimum absolute atomic E-state index is 0.241. The van der Waals surface area contributed by atoms with E-state index in [4.69, 9.17) is 18.9 Å². The summed E-state index contributed by atoms with van der Waals surface area (Å²) in [5, 5.41) is 1.64. The maximum Gasteiger partial charge on any atom is 0.265 e. The van der Waals surface area contributed by atoms with Crippen molar-refractivity contribution in [2.24, 2.45) is 0 Å². The number of nitrogens with zero attached hydrogens (tertiary/aromatic N) is 1. The molecule has 0 aliphatic rings. The van der Waals surface area contributed by atoms with E-state index < -0.39 is 12.6 Å². The monoisotopic (exact) mass is 390 g/mol. The second-order valence-electron chi connectivity index (χ2n) is 4.65. The molecule has 8 heteroatoms. The van der Waals surface area contributed by atoms with E-state index >= 15 is 0 Å². The largest absolute Gasteiger partial charge is 0.354 e. The first-order valence-electron chi connectivity index (χ1n) is 6.96. The van der Waals surface area contributed by atoms with E-state index in [0.717, 1.165) is 4.47 Å². The van der Waals surface area contributed by atoms with Gasteiger partial charge in [0.15, 0.2) is 12.6 Å². The van der Waals surface area contributed by atoms with Crippen LogP contribution in [0.4, 0.5) is 0 Å². The highest BCUT2D eigenvalue weighted by Crippen LogP contribution is 2.10. The van der Waals surface area contributed by atoms with Crippen molar-refractivity contribution in [2.45, 2.75) is 12.6 Å². The zero-order valence-electron chi connectivity index (χ0n) is 13.7. The third kappa shape index (κ3) is 6.94. The summed E-state index contributed by atoms with van der Waals surface area (Å²) in [6.45, 7) is 0.636. The maximum atomic E-state index is 12.4. The van der Waals surface area contributed by atoms with Crippen LogP contribution in [0.2, 0.25) is 0 Å². The third-order valence-electron chi connectivity index (χ3n) is 3.16. The molecule has 7 nitrogen and oxygen atoms in total. The minimum atomic E-state index is -0.491. The number of amides is 1. The van der Waals surface area contributed by atoms with Gasteiger partial charge in [-0.2, -0.15) is 0 Å². The number of hydrazine groups is 1. The summed E-state index contributed by atoms with van der Waals surface area (Å²) in [4.78, 5) is 12.4. The molecule has 1 aromatic carbocycles. The summed E-state index contributed by atoms with van der Waals surface area (Å²) in [6, 6.07) is 7.07.